The third-order valence-corrected chi connectivity index (χ3v) is 5.60. The van der Waals surface area contributed by atoms with Crippen molar-refractivity contribution in [3.05, 3.63) is 82.2 Å². The Morgan fingerprint density at radius 2 is 1.93 bits per heavy atom. The summed E-state index contributed by atoms with van der Waals surface area (Å²) in [6, 6.07) is 10.9. The highest BCUT2D eigenvalue weighted by atomic mass is 19.1. The van der Waals surface area contributed by atoms with Gasteiger partial charge < -0.3 is 4.74 Å². The predicted octanol–water partition coefficient (Wildman–Crippen LogP) is 4.22. The second-order valence-electron chi connectivity index (χ2n) is 8.03. The summed E-state index contributed by atoms with van der Waals surface area (Å²) in [7, 11) is 0. The SMILES string of the molecule is CCn1cc(CN2CCO[C@@H](c3cc(Cc4ccc(F)cc4)cc(C)n3)C2)c(C)n1. The van der Waals surface area contributed by atoms with Gasteiger partial charge in [-0.3, -0.25) is 14.6 Å². The largest absolute Gasteiger partial charge is 0.369 e. The second-order valence-corrected chi connectivity index (χ2v) is 8.03. The second kappa shape index (κ2) is 9.06. The summed E-state index contributed by atoms with van der Waals surface area (Å²) in [6.07, 6.45) is 2.85. The van der Waals surface area contributed by atoms with Crippen molar-refractivity contribution in [1.82, 2.24) is 19.7 Å². The molecule has 3 aromatic rings. The van der Waals surface area contributed by atoms with Crippen molar-refractivity contribution in [3.8, 4) is 0 Å². The molecule has 0 aliphatic carbocycles. The first-order valence-electron chi connectivity index (χ1n) is 10.6. The Balaban J connectivity index is 1.48. The van der Waals surface area contributed by atoms with Crippen LogP contribution in [0.4, 0.5) is 4.39 Å². The van der Waals surface area contributed by atoms with Gasteiger partial charge in [-0.2, -0.15) is 5.10 Å². The zero-order chi connectivity index (χ0) is 21.1. The van der Waals surface area contributed by atoms with Gasteiger partial charge in [0.05, 0.1) is 18.0 Å². The van der Waals surface area contributed by atoms with Gasteiger partial charge in [0.25, 0.3) is 0 Å². The van der Waals surface area contributed by atoms with Crippen LogP contribution in [0, 0.1) is 19.7 Å². The number of morpholine rings is 1. The molecule has 2 aromatic heterocycles. The summed E-state index contributed by atoms with van der Waals surface area (Å²) in [5.41, 5.74) is 6.57. The van der Waals surface area contributed by atoms with E-state index >= 15 is 0 Å². The van der Waals surface area contributed by atoms with Crippen LogP contribution in [-0.4, -0.2) is 39.4 Å². The molecule has 0 spiro atoms. The fraction of sp³-hybridized carbons (Fsp3) is 0.417. The topological polar surface area (TPSA) is 43.2 Å². The molecule has 0 radical (unpaired) electrons. The Labute approximate surface area is 177 Å². The monoisotopic (exact) mass is 408 g/mol. The lowest BCUT2D eigenvalue weighted by Gasteiger charge is -2.32. The fourth-order valence-electron chi connectivity index (χ4n) is 4.02. The molecule has 158 valence electrons. The van der Waals surface area contributed by atoms with Gasteiger partial charge in [-0.05, 0) is 62.6 Å². The zero-order valence-electron chi connectivity index (χ0n) is 17.9. The summed E-state index contributed by atoms with van der Waals surface area (Å²) < 4.78 is 21.3. The molecule has 1 aromatic carbocycles. The minimum atomic E-state index is -0.208. The molecule has 1 aliphatic heterocycles. The Hall–Kier alpha value is -2.57. The summed E-state index contributed by atoms with van der Waals surface area (Å²) in [5.74, 6) is -0.208. The summed E-state index contributed by atoms with van der Waals surface area (Å²) >= 11 is 0. The van der Waals surface area contributed by atoms with E-state index in [1.807, 2.05) is 23.7 Å². The van der Waals surface area contributed by atoms with Gasteiger partial charge in [0, 0.05) is 43.6 Å². The number of hydrogen-bond donors (Lipinski definition) is 0. The Kier molecular flexibility index (Phi) is 6.25. The lowest BCUT2D eigenvalue weighted by atomic mass is 10.0. The maximum atomic E-state index is 13.2. The lowest BCUT2D eigenvalue weighted by Crippen LogP contribution is -2.38. The van der Waals surface area contributed by atoms with E-state index in [1.165, 1.54) is 23.3 Å². The van der Waals surface area contributed by atoms with Gasteiger partial charge in [-0.1, -0.05) is 12.1 Å². The number of rotatable bonds is 6. The molecule has 3 heterocycles. The van der Waals surface area contributed by atoms with Gasteiger partial charge in [0.15, 0.2) is 0 Å². The standard InChI is InChI=1S/C24H29FN4O/c1-4-29-15-21(18(3)27-29)14-28-9-10-30-24(16-28)23-13-20(11-17(2)26-23)12-19-5-7-22(25)8-6-19/h5-8,11,13,15,24H,4,9-10,12,14,16H2,1-3H3/t24-/m1/s1. The fourth-order valence-corrected chi connectivity index (χ4v) is 4.02. The van der Waals surface area contributed by atoms with E-state index in [2.05, 4.69) is 42.2 Å². The third-order valence-electron chi connectivity index (χ3n) is 5.60. The maximum absolute atomic E-state index is 13.2. The molecule has 5 nitrogen and oxygen atoms in total. The Morgan fingerprint density at radius 3 is 2.67 bits per heavy atom. The molecule has 1 atom stereocenters. The highest BCUT2D eigenvalue weighted by molar-refractivity contribution is 5.29. The quantitative estimate of drug-likeness (QED) is 0.613. The van der Waals surface area contributed by atoms with Crippen molar-refractivity contribution >= 4 is 0 Å². The van der Waals surface area contributed by atoms with E-state index in [9.17, 15) is 4.39 Å². The predicted molar refractivity (Wildman–Crippen MR) is 115 cm³/mol. The lowest BCUT2D eigenvalue weighted by molar-refractivity contribution is -0.0351. The van der Waals surface area contributed by atoms with Crippen molar-refractivity contribution in [3.63, 3.8) is 0 Å². The van der Waals surface area contributed by atoms with E-state index in [1.54, 1.807) is 0 Å². The molecular formula is C24H29FN4O. The molecule has 4 rings (SSSR count). The van der Waals surface area contributed by atoms with E-state index in [4.69, 9.17) is 9.72 Å². The number of benzene rings is 1. The van der Waals surface area contributed by atoms with Gasteiger partial charge in [0.2, 0.25) is 0 Å². The van der Waals surface area contributed by atoms with Crippen LogP contribution in [0.3, 0.4) is 0 Å². The van der Waals surface area contributed by atoms with Crippen LogP contribution >= 0.6 is 0 Å². The normalized spacial score (nSPS) is 17.4. The molecule has 0 saturated carbocycles. The smallest absolute Gasteiger partial charge is 0.123 e. The highest BCUT2D eigenvalue weighted by Gasteiger charge is 2.24. The average Bonchev–Trinajstić information content (AvgIpc) is 3.09. The first-order valence-corrected chi connectivity index (χ1v) is 10.6. The average molecular weight is 409 g/mol. The van der Waals surface area contributed by atoms with Gasteiger partial charge in [-0.25, -0.2) is 4.39 Å². The minimum Gasteiger partial charge on any atom is -0.369 e. The zero-order valence-corrected chi connectivity index (χ0v) is 17.9. The summed E-state index contributed by atoms with van der Waals surface area (Å²) in [4.78, 5) is 7.18. The first-order chi connectivity index (χ1) is 14.5. The van der Waals surface area contributed by atoms with E-state index in [-0.39, 0.29) is 11.9 Å². The van der Waals surface area contributed by atoms with Gasteiger partial charge >= 0.3 is 0 Å². The summed E-state index contributed by atoms with van der Waals surface area (Å²) in [6.45, 7) is 10.4. The molecule has 1 saturated heterocycles. The molecule has 1 aliphatic rings. The van der Waals surface area contributed by atoms with Crippen LogP contribution < -0.4 is 0 Å². The number of ether oxygens (including phenoxy) is 1. The van der Waals surface area contributed by atoms with Crippen LogP contribution in [0.2, 0.25) is 0 Å². The van der Waals surface area contributed by atoms with Crippen LogP contribution in [-0.2, 0) is 24.2 Å². The van der Waals surface area contributed by atoms with Crippen LogP contribution in [0.15, 0.2) is 42.6 Å². The minimum absolute atomic E-state index is 0.0489. The van der Waals surface area contributed by atoms with Gasteiger partial charge in [0.1, 0.15) is 11.9 Å². The molecule has 30 heavy (non-hydrogen) atoms. The van der Waals surface area contributed by atoms with Crippen molar-refractivity contribution in [1.29, 1.82) is 0 Å². The van der Waals surface area contributed by atoms with Crippen molar-refractivity contribution in [2.24, 2.45) is 0 Å². The van der Waals surface area contributed by atoms with E-state index < -0.39 is 0 Å². The van der Waals surface area contributed by atoms with E-state index in [0.29, 0.717) is 6.61 Å². The van der Waals surface area contributed by atoms with Crippen molar-refractivity contribution < 1.29 is 9.13 Å². The molecule has 1 fully saturated rings. The van der Waals surface area contributed by atoms with Gasteiger partial charge in [-0.15, -0.1) is 0 Å². The number of hydrogen-bond acceptors (Lipinski definition) is 4. The van der Waals surface area contributed by atoms with Crippen LogP contribution in [0.1, 0.15) is 46.8 Å². The Morgan fingerprint density at radius 1 is 1.13 bits per heavy atom. The Bertz CT molecular complexity index is 999. The van der Waals surface area contributed by atoms with Crippen LogP contribution in [0.25, 0.3) is 0 Å². The molecule has 0 N–H and O–H groups in total. The number of aromatic nitrogens is 3. The number of nitrogens with zero attached hydrogens (tertiary/aromatic N) is 4. The molecule has 6 heteroatoms. The van der Waals surface area contributed by atoms with Crippen LogP contribution in [0.5, 0.6) is 0 Å². The van der Waals surface area contributed by atoms with E-state index in [0.717, 1.165) is 55.2 Å². The molecule has 0 amide bonds. The number of pyridine rings is 1. The molecule has 0 unspecified atom stereocenters. The number of halogens is 1. The van der Waals surface area contributed by atoms with Crippen molar-refractivity contribution in [2.45, 2.75) is 46.4 Å². The number of aryl methyl sites for hydroxylation is 3. The molecular weight excluding hydrogens is 379 g/mol. The first kappa shape index (κ1) is 20.7. The third kappa shape index (κ3) is 4.94. The molecule has 0 bridgehead atoms. The highest BCUT2D eigenvalue weighted by Crippen LogP contribution is 2.24. The summed E-state index contributed by atoms with van der Waals surface area (Å²) in [5, 5.41) is 4.56. The van der Waals surface area contributed by atoms with Crippen molar-refractivity contribution in [2.75, 3.05) is 19.7 Å². The maximum Gasteiger partial charge on any atom is 0.123 e.